The molecule has 5 rings (SSSR count). The maximum atomic E-state index is 13.9. The van der Waals surface area contributed by atoms with Crippen LogP contribution in [0.2, 0.25) is 0 Å². The van der Waals surface area contributed by atoms with Crippen molar-refractivity contribution >= 4 is 29.3 Å². The second-order valence-corrected chi connectivity index (χ2v) is 8.27. The third-order valence-electron chi connectivity index (χ3n) is 5.87. The Labute approximate surface area is 190 Å². The molecule has 0 bridgehead atoms. The van der Waals surface area contributed by atoms with Gasteiger partial charge in [-0.3, -0.25) is 4.79 Å². The minimum absolute atomic E-state index is 0. The summed E-state index contributed by atoms with van der Waals surface area (Å²) in [5.74, 6) is 0.243. The molecule has 1 saturated heterocycles. The van der Waals surface area contributed by atoms with Crippen LogP contribution in [-0.4, -0.2) is 57.8 Å². The van der Waals surface area contributed by atoms with E-state index < -0.39 is 6.10 Å². The zero-order valence-electron chi connectivity index (χ0n) is 17.5. The highest BCUT2D eigenvalue weighted by Crippen LogP contribution is 2.36. The third kappa shape index (κ3) is 4.28. The third-order valence-corrected chi connectivity index (χ3v) is 5.87. The molecule has 4 N–H and O–H groups in total. The van der Waals surface area contributed by atoms with Crippen molar-refractivity contribution < 1.29 is 19.0 Å². The summed E-state index contributed by atoms with van der Waals surface area (Å²) in [6.45, 7) is 3.28. The van der Waals surface area contributed by atoms with Gasteiger partial charge in [-0.15, -0.1) is 12.4 Å². The summed E-state index contributed by atoms with van der Waals surface area (Å²) in [6.07, 6.45) is 3.01. The molecule has 3 aromatic rings. The number of amides is 1. The second-order valence-electron chi connectivity index (χ2n) is 8.27. The first kappa shape index (κ1) is 22.4. The quantitative estimate of drug-likeness (QED) is 0.448. The normalized spacial score (nSPS) is 20.2. The fraction of sp³-hybridized carbons (Fsp3) is 0.409. The molecule has 0 unspecified atom stereocenters. The maximum Gasteiger partial charge on any atom is 0.255 e. The van der Waals surface area contributed by atoms with E-state index in [9.17, 15) is 14.3 Å². The number of rotatable bonds is 6. The largest absolute Gasteiger partial charge is 0.492 e. The van der Waals surface area contributed by atoms with Gasteiger partial charge in [0.2, 0.25) is 0 Å². The molecule has 0 spiro atoms. The van der Waals surface area contributed by atoms with E-state index in [-0.39, 0.29) is 30.2 Å². The van der Waals surface area contributed by atoms with Crippen molar-refractivity contribution in [2.45, 2.75) is 31.9 Å². The molecule has 32 heavy (non-hydrogen) atoms. The lowest BCUT2D eigenvalue weighted by atomic mass is 10.1. The van der Waals surface area contributed by atoms with E-state index in [0.29, 0.717) is 64.9 Å². The average molecular weight is 462 g/mol. The van der Waals surface area contributed by atoms with Crippen molar-refractivity contribution in [3.8, 4) is 17.0 Å². The van der Waals surface area contributed by atoms with E-state index in [1.807, 2.05) is 0 Å². The molecule has 2 fully saturated rings. The Bertz CT molecular complexity index is 1150. The first-order valence-corrected chi connectivity index (χ1v) is 10.5. The van der Waals surface area contributed by atoms with Gasteiger partial charge >= 0.3 is 0 Å². The molecule has 1 amide bonds. The predicted octanol–water partition coefficient (Wildman–Crippen LogP) is 2.35. The van der Waals surface area contributed by atoms with Crippen molar-refractivity contribution in [1.82, 2.24) is 25.6 Å². The molecule has 2 aliphatic rings. The average Bonchev–Trinajstić information content (AvgIpc) is 3.40. The topological polar surface area (TPSA) is 112 Å². The summed E-state index contributed by atoms with van der Waals surface area (Å²) in [4.78, 5) is 24.9. The van der Waals surface area contributed by atoms with Crippen LogP contribution >= 0.6 is 12.4 Å². The SMILES string of the molecule is Cc1[nH]c2c(-c3ccc(F)cc3OCC3CC3)ncnc2c1C(=O)N[C@@H]1CNC[C@H]1O.Cl. The molecule has 2 aromatic heterocycles. The smallest absolute Gasteiger partial charge is 0.255 e. The fourth-order valence-electron chi connectivity index (χ4n) is 3.96. The van der Waals surface area contributed by atoms with Crippen molar-refractivity contribution in [1.29, 1.82) is 0 Å². The Morgan fingerprint density at radius 3 is 2.84 bits per heavy atom. The van der Waals surface area contributed by atoms with Crippen LogP contribution in [0.25, 0.3) is 22.3 Å². The zero-order chi connectivity index (χ0) is 21.5. The number of aromatic amines is 1. The summed E-state index contributed by atoms with van der Waals surface area (Å²) in [7, 11) is 0. The molecule has 170 valence electrons. The lowest BCUT2D eigenvalue weighted by Crippen LogP contribution is -2.42. The summed E-state index contributed by atoms with van der Waals surface area (Å²) in [5, 5.41) is 15.9. The molecule has 1 aromatic carbocycles. The molecule has 2 atom stereocenters. The monoisotopic (exact) mass is 461 g/mol. The van der Waals surface area contributed by atoms with Crippen molar-refractivity contribution in [2.24, 2.45) is 5.92 Å². The molecule has 3 heterocycles. The Morgan fingerprint density at radius 1 is 1.31 bits per heavy atom. The number of aliphatic hydroxyl groups is 1. The van der Waals surface area contributed by atoms with Crippen LogP contribution < -0.4 is 15.4 Å². The van der Waals surface area contributed by atoms with Crippen LogP contribution in [0.4, 0.5) is 4.39 Å². The van der Waals surface area contributed by atoms with Gasteiger partial charge in [0.15, 0.2) is 0 Å². The highest BCUT2D eigenvalue weighted by atomic mass is 35.5. The predicted molar refractivity (Wildman–Crippen MR) is 120 cm³/mol. The van der Waals surface area contributed by atoms with Gasteiger partial charge in [0, 0.05) is 30.4 Å². The van der Waals surface area contributed by atoms with Gasteiger partial charge in [0.1, 0.15) is 29.1 Å². The molecular formula is C22H25ClFN5O3. The number of β-amino-alcohol motifs (C(OH)–C–C–N with tert-alkyl or cyclic N) is 1. The zero-order valence-corrected chi connectivity index (χ0v) is 18.3. The lowest BCUT2D eigenvalue weighted by Gasteiger charge is -2.15. The number of nitrogens with zero attached hydrogens (tertiary/aromatic N) is 2. The molecule has 1 aliphatic heterocycles. The number of H-pyrrole nitrogens is 1. The first-order chi connectivity index (χ1) is 15.0. The van der Waals surface area contributed by atoms with Gasteiger partial charge in [-0.25, -0.2) is 14.4 Å². The number of hydrogen-bond acceptors (Lipinski definition) is 6. The van der Waals surface area contributed by atoms with Gasteiger partial charge in [0.05, 0.1) is 29.8 Å². The number of aromatic nitrogens is 3. The van der Waals surface area contributed by atoms with Crippen LogP contribution in [0.15, 0.2) is 24.5 Å². The van der Waals surface area contributed by atoms with Crippen LogP contribution in [-0.2, 0) is 0 Å². The van der Waals surface area contributed by atoms with Crippen LogP contribution in [0.5, 0.6) is 5.75 Å². The highest BCUT2D eigenvalue weighted by Gasteiger charge is 2.29. The minimum Gasteiger partial charge on any atom is -0.492 e. The molecular weight excluding hydrogens is 437 g/mol. The number of fused-ring (bicyclic) bond motifs is 1. The number of carbonyl (C=O) groups excluding carboxylic acids is 1. The van der Waals surface area contributed by atoms with Gasteiger partial charge in [0.25, 0.3) is 5.91 Å². The Balaban J connectivity index is 0.00000245. The summed E-state index contributed by atoms with van der Waals surface area (Å²) >= 11 is 0. The maximum absolute atomic E-state index is 13.9. The summed E-state index contributed by atoms with van der Waals surface area (Å²) in [6, 6.07) is 4.00. The first-order valence-electron chi connectivity index (χ1n) is 10.5. The minimum atomic E-state index is -0.634. The standard InChI is InChI=1S/C22H24FN5O3.ClH/c1-11-18(22(30)28-15-7-24-8-16(15)29)20-21(27-11)19(25-10-26-20)14-5-4-13(23)6-17(14)31-9-12-2-3-12;/h4-6,10,12,15-16,24,27,29H,2-3,7-9H2,1H3,(H,28,30);1H/t15-,16-;/m1./s1. The van der Waals surface area contributed by atoms with E-state index in [1.165, 1.54) is 18.5 Å². The van der Waals surface area contributed by atoms with Crippen molar-refractivity contribution in [3.63, 3.8) is 0 Å². The number of aryl methyl sites for hydroxylation is 1. The van der Waals surface area contributed by atoms with E-state index in [4.69, 9.17) is 4.74 Å². The Kier molecular flexibility index (Phi) is 6.32. The number of aliphatic hydroxyl groups excluding tert-OH is 1. The second kappa shape index (κ2) is 9.01. The highest BCUT2D eigenvalue weighted by molar-refractivity contribution is 6.09. The number of halogens is 2. The van der Waals surface area contributed by atoms with Gasteiger partial charge in [-0.05, 0) is 37.8 Å². The number of hydrogen-bond donors (Lipinski definition) is 4. The Hall–Kier alpha value is -2.75. The van der Waals surface area contributed by atoms with E-state index in [0.717, 1.165) is 12.8 Å². The Morgan fingerprint density at radius 2 is 2.12 bits per heavy atom. The molecule has 0 radical (unpaired) electrons. The van der Waals surface area contributed by atoms with Crippen molar-refractivity contribution in [3.05, 3.63) is 41.6 Å². The van der Waals surface area contributed by atoms with Gasteiger partial charge in [-0.2, -0.15) is 0 Å². The van der Waals surface area contributed by atoms with Gasteiger partial charge < -0.3 is 25.5 Å². The van der Waals surface area contributed by atoms with Crippen LogP contribution in [0.1, 0.15) is 28.9 Å². The van der Waals surface area contributed by atoms with Crippen LogP contribution in [0.3, 0.4) is 0 Å². The van der Waals surface area contributed by atoms with E-state index in [2.05, 4.69) is 25.6 Å². The summed E-state index contributed by atoms with van der Waals surface area (Å²) < 4.78 is 19.8. The number of benzene rings is 1. The lowest BCUT2D eigenvalue weighted by molar-refractivity contribution is 0.0889. The van der Waals surface area contributed by atoms with Gasteiger partial charge in [-0.1, -0.05) is 0 Å². The van der Waals surface area contributed by atoms with E-state index in [1.54, 1.807) is 13.0 Å². The molecule has 1 aliphatic carbocycles. The summed E-state index contributed by atoms with van der Waals surface area (Å²) in [5.41, 5.74) is 3.27. The van der Waals surface area contributed by atoms with Crippen molar-refractivity contribution in [2.75, 3.05) is 19.7 Å². The van der Waals surface area contributed by atoms with E-state index >= 15 is 0 Å². The van der Waals surface area contributed by atoms with Crippen LogP contribution in [0, 0.1) is 18.7 Å². The number of nitrogens with one attached hydrogen (secondary N) is 3. The molecule has 1 saturated carbocycles. The number of carbonyl (C=O) groups is 1. The fourth-order valence-corrected chi connectivity index (χ4v) is 3.96. The molecule has 8 nitrogen and oxygen atoms in total. The number of ether oxygens (including phenoxy) is 1. The molecule has 10 heteroatoms.